The van der Waals surface area contributed by atoms with Crippen molar-refractivity contribution in [3.05, 3.63) is 307 Å². The summed E-state index contributed by atoms with van der Waals surface area (Å²) in [4.78, 5) is 2.23. The zero-order valence-electron chi connectivity index (χ0n) is 56.5. The Bertz CT molecular complexity index is 4810. The molecule has 0 amide bonds. The number of hydrogen-bond acceptors (Lipinski definition) is 4. The summed E-state index contributed by atoms with van der Waals surface area (Å²) in [5.41, 5.74) is 13.1. The Hall–Kier alpha value is -10.3. The molecule has 0 aromatic heterocycles. The quantitative estimate of drug-likeness (QED) is 0.0562. The first kappa shape index (κ1) is 66.4. The number of rotatable bonds is 20. The lowest BCUT2D eigenvalue weighted by Crippen LogP contribution is -2.45. The van der Waals surface area contributed by atoms with Crippen molar-refractivity contribution in [3.8, 4) is 61.8 Å². The van der Waals surface area contributed by atoms with E-state index in [1.54, 1.807) is 36.4 Å². The molecule has 6 atom stereocenters. The Kier molecular flexibility index (Phi) is 18.5. The minimum absolute atomic E-state index is 0.0217. The summed E-state index contributed by atoms with van der Waals surface area (Å²) in [5.74, 6) is -6.24. The molecule has 494 valence electrons. The fraction of sp³-hybridized carbons (Fsp3) is 0.213. The molecule has 0 N–H and O–H groups in total. The zero-order valence-corrected chi connectivity index (χ0v) is 56.5. The SMILES string of the molecule is CC1C=C(CC(Cc2ccc(OC(F)C(F)(F)C(C)(C)C)cc2)c2ccccc2)C=CC1N(c1ccccc1)c1ccc(OC(F)[C@@](C)(F)Oc2ccc(-c3c4ccccc4c(-c4ccccc4)c4c(-c5ccc(C(C)(C)C)cc5)c5ccccc5c(-c5ccccc5)c34)cc2)cc1. The molecule has 0 spiro atoms. The van der Waals surface area contributed by atoms with Gasteiger partial charge in [-0.05, 0) is 184 Å². The fourth-order valence-electron chi connectivity index (χ4n) is 13.8. The van der Waals surface area contributed by atoms with Crippen LogP contribution in [0.25, 0.3) is 76.8 Å². The first-order valence-electron chi connectivity index (χ1n) is 33.7. The van der Waals surface area contributed by atoms with Crippen molar-refractivity contribution in [1.29, 1.82) is 0 Å². The van der Waals surface area contributed by atoms with Crippen LogP contribution < -0.4 is 19.1 Å². The van der Waals surface area contributed by atoms with E-state index in [9.17, 15) is 13.2 Å². The van der Waals surface area contributed by atoms with E-state index in [0.29, 0.717) is 12.8 Å². The largest absolute Gasteiger partial charge is 0.454 e. The molecule has 12 aromatic rings. The van der Waals surface area contributed by atoms with Crippen LogP contribution in [0.2, 0.25) is 0 Å². The third-order valence-electron chi connectivity index (χ3n) is 19.1. The number of halogens is 5. The van der Waals surface area contributed by atoms with Crippen LogP contribution in [-0.2, 0) is 11.8 Å². The standard InChI is InChI=1S/C89H80F5NO3/c1-58-55-60(57-66(61-25-13-9-14-26-61)56-59-37-48-70(49-38-59)97-85(91)89(93,94)87(5,6)7)39-54-77(58)95(68-31-19-12-20-32-68)69-46-52-71(53-47-69)96-84(90)88(8,92)98-72-50-42-65(43-51-72)81-76-36-24-22-34-74(76)78(62-27-15-10-16-28-62)82-80(64-40-44-67(45-41-64)86(2,3)4)75-35-23-21-33-73(75)79(83(81)82)63-29-17-11-18-30-63/h9-55,58,66,77,84-85H,56-57H2,1-8H3/t58?,66?,77?,84?,85?,88-/m0/s1. The molecular weight excluding hydrogens is 1230 g/mol. The number of benzene rings is 12. The third-order valence-corrected chi connectivity index (χ3v) is 19.1. The van der Waals surface area contributed by atoms with Gasteiger partial charge in [-0.2, -0.15) is 22.0 Å². The summed E-state index contributed by atoms with van der Waals surface area (Å²) in [6.07, 6.45) is 2.72. The Morgan fingerprint density at radius 1 is 0.418 bits per heavy atom. The Balaban J connectivity index is 0.767. The molecular formula is C89H80F5NO3. The Morgan fingerprint density at radius 3 is 1.28 bits per heavy atom. The van der Waals surface area contributed by atoms with E-state index in [0.717, 1.165) is 112 Å². The van der Waals surface area contributed by atoms with Crippen molar-refractivity contribution in [2.24, 2.45) is 11.3 Å². The lowest BCUT2D eigenvalue weighted by atomic mass is 9.77. The molecule has 0 heterocycles. The van der Waals surface area contributed by atoms with Crippen molar-refractivity contribution >= 4 is 43.7 Å². The van der Waals surface area contributed by atoms with Gasteiger partial charge in [0.15, 0.2) is 0 Å². The molecule has 5 unspecified atom stereocenters. The first-order valence-corrected chi connectivity index (χ1v) is 33.7. The Morgan fingerprint density at radius 2 is 0.816 bits per heavy atom. The molecule has 4 nitrogen and oxygen atoms in total. The molecule has 12 aromatic carbocycles. The van der Waals surface area contributed by atoms with Crippen LogP contribution in [0.5, 0.6) is 17.2 Å². The average molecular weight is 1310 g/mol. The second-order valence-electron chi connectivity index (χ2n) is 28.1. The van der Waals surface area contributed by atoms with Crippen LogP contribution in [-0.4, -0.2) is 30.5 Å². The van der Waals surface area contributed by atoms with Gasteiger partial charge in [0.25, 0.3) is 0 Å². The van der Waals surface area contributed by atoms with Crippen LogP contribution >= 0.6 is 0 Å². The third kappa shape index (κ3) is 13.6. The summed E-state index contributed by atoms with van der Waals surface area (Å²) in [6, 6.07) is 88.7. The van der Waals surface area contributed by atoms with Gasteiger partial charge in [-0.15, -0.1) is 0 Å². The van der Waals surface area contributed by atoms with E-state index in [2.05, 4.69) is 190 Å². The molecule has 98 heavy (non-hydrogen) atoms. The van der Waals surface area contributed by atoms with Gasteiger partial charge >= 0.3 is 24.5 Å². The van der Waals surface area contributed by atoms with E-state index in [1.807, 2.05) is 91.0 Å². The number of hydrogen-bond donors (Lipinski definition) is 0. The van der Waals surface area contributed by atoms with Gasteiger partial charge in [0.05, 0.1) is 6.04 Å². The number of alkyl halides is 5. The van der Waals surface area contributed by atoms with Crippen molar-refractivity contribution < 1.29 is 36.2 Å². The van der Waals surface area contributed by atoms with Gasteiger partial charge in [-0.1, -0.05) is 279 Å². The number of nitrogens with zero attached hydrogens (tertiary/aromatic N) is 1. The molecule has 0 fully saturated rings. The summed E-state index contributed by atoms with van der Waals surface area (Å²) in [5, 5.41) is 6.53. The minimum atomic E-state index is -3.69. The molecule has 0 radical (unpaired) electrons. The second-order valence-corrected chi connectivity index (χ2v) is 28.1. The highest BCUT2D eigenvalue weighted by molar-refractivity contribution is 6.33. The maximum Gasteiger partial charge on any atom is 0.318 e. The molecule has 0 saturated carbocycles. The molecule has 9 heteroatoms. The lowest BCUT2D eigenvalue weighted by Gasteiger charge is -2.37. The van der Waals surface area contributed by atoms with Gasteiger partial charge in [0.2, 0.25) is 0 Å². The zero-order chi connectivity index (χ0) is 68.5. The van der Waals surface area contributed by atoms with Crippen LogP contribution in [0, 0.1) is 11.3 Å². The van der Waals surface area contributed by atoms with Crippen LogP contribution in [0.3, 0.4) is 0 Å². The van der Waals surface area contributed by atoms with Crippen LogP contribution in [0.15, 0.2) is 291 Å². The smallest absolute Gasteiger partial charge is 0.318 e. The van der Waals surface area contributed by atoms with Crippen molar-refractivity contribution in [1.82, 2.24) is 0 Å². The molecule has 1 aliphatic rings. The molecule has 0 aliphatic heterocycles. The number of allylic oxidation sites excluding steroid dienone is 2. The number of ether oxygens (including phenoxy) is 3. The highest BCUT2D eigenvalue weighted by Gasteiger charge is 2.52. The van der Waals surface area contributed by atoms with Crippen LogP contribution in [0.4, 0.5) is 33.3 Å². The summed E-state index contributed by atoms with van der Waals surface area (Å²) >= 11 is 0. The predicted molar refractivity (Wildman–Crippen MR) is 394 cm³/mol. The maximum atomic E-state index is 17.0. The molecule has 1 aliphatic carbocycles. The minimum Gasteiger partial charge on any atom is -0.454 e. The maximum absolute atomic E-state index is 17.0. The topological polar surface area (TPSA) is 30.9 Å². The summed E-state index contributed by atoms with van der Waals surface area (Å²) in [6.45, 7) is 13.8. The van der Waals surface area contributed by atoms with E-state index >= 15 is 8.78 Å². The highest BCUT2D eigenvalue weighted by Crippen LogP contribution is 2.54. The lowest BCUT2D eigenvalue weighted by molar-refractivity contribution is -0.210. The van der Waals surface area contributed by atoms with E-state index in [-0.39, 0.29) is 40.5 Å². The normalized spacial score (nSPS) is 15.9. The number of anilines is 2. The van der Waals surface area contributed by atoms with Gasteiger partial charge in [0, 0.05) is 23.7 Å². The molecule has 13 rings (SSSR count). The monoisotopic (exact) mass is 1310 g/mol. The van der Waals surface area contributed by atoms with Crippen molar-refractivity contribution in [3.63, 3.8) is 0 Å². The van der Waals surface area contributed by atoms with Gasteiger partial charge in [0.1, 0.15) is 17.2 Å². The van der Waals surface area contributed by atoms with E-state index in [4.69, 9.17) is 14.2 Å². The summed E-state index contributed by atoms with van der Waals surface area (Å²) in [7, 11) is 0. The average Bonchev–Trinajstić information content (AvgIpc) is 0.698. The van der Waals surface area contributed by atoms with Crippen molar-refractivity contribution in [2.45, 2.75) is 110 Å². The first-order chi connectivity index (χ1) is 47.1. The predicted octanol–water partition coefficient (Wildman–Crippen LogP) is 25.0. The van der Waals surface area contributed by atoms with Gasteiger partial charge in [-0.25, -0.2) is 0 Å². The summed E-state index contributed by atoms with van der Waals surface area (Å²) < 4.78 is 94.7. The van der Waals surface area contributed by atoms with Crippen molar-refractivity contribution in [2.75, 3.05) is 4.90 Å². The fourth-order valence-corrected chi connectivity index (χ4v) is 13.8. The Labute approximate surface area is 572 Å². The van der Waals surface area contributed by atoms with E-state index < -0.39 is 29.9 Å². The van der Waals surface area contributed by atoms with Gasteiger partial charge < -0.3 is 19.1 Å². The molecule has 0 bridgehead atoms. The molecule has 0 saturated heterocycles. The highest BCUT2D eigenvalue weighted by atomic mass is 19.3. The van der Waals surface area contributed by atoms with Crippen LogP contribution in [0.1, 0.15) is 84.4 Å². The van der Waals surface area contributed by atoms with Gasteiger partial charge in [-0.3, -0.25) is 0 Å². The van der Waals surface area contributed by atoms with E-state index in [1.165, 1.54) is 26.3 Å². The second kappa shape index (κ2) is 27.3. The number of para-hydroxylation sites is 1. The number of fused-ring (bicyclic) bond motifs is 3.